The molecule has 5 heteroatoms. The van der Waals surface area contributed by atoms with Crippen LogP contribution in [0.4, 0.5) is 5.95 Å². The first-order valence-electron chi connectivity index (χ1n) is 5.50. The van der Waals surface area contributed by atoms with Crippen molar-refractivity contribution in [1.82, 2.24) is 14.8 Å². The van der Waals surface area contributed by atoms with Crippen LogP contribution in [0.25, 0.3) is 0 Å². The average Bonchev–Trinajstić information content (AvgIpc) is 2.87. The highest BCUT2D eigenvalue weighted by Gasteiger charge is 2.44. The number of anilines is 1. The Bertz CT molecular complexity index is 373. The van der Waals surface area contributed by atoms with Crippen LogP contribution >= 0.6 is 15.9 Å². The summed E-state index contributed by atoms with van der Waals surface area (Å²) in [6.45, 7) is 2.28. The normalized spacial score (nSPS) is 23.5. The Labute approximate surface area is 97.8 Å². The Balaban J connectivity index is 1.75. The molecule has 1 aliphatic heterocycles. The van der Waals surface area contributed by atoms with Crippen LogP contribution in [-0.4, -0.2) is 27.9 Å². The lowest BCUT2D eigenvalue weighted by molar-refractivity contribution is 0.379. The van der Waals surface area contributed by atoms with Gasteiger partial charge < -0.3 is 4.90 Å². The van der Waals surface area contributed by atoms with Crippen molar-refractivity contribution in [3.8, 4) is 0 Å². The minimum atomic E-state index is 0.687. The maximum Gasteiger partial charge on any atom is 0.224 e. The summed E-state index contributed by atoms with van der Waals surface area (Å²) >= 11 is 3.31. The van der Waals surface area contributed by atoms with E-state index >= 15 is 0 Å². The smallest absolute Gasteiger partial charge is 0.224 e. The molecule has 1 saturated carbocycles. The standard InChI is InChI=1S/C10H15BrN4/c1-14-9(12-8(11)13-14)15-6-4-10(2-3-10)5-7-15/h2-7H2,1H3. The lowest BCUT2D eigenvalue weighted by atomic mass is 9.94. The zero-order valence-corrected chi connectivity index (χ0v) is 10.5. The second-order valence-electron chi connectivity index (χ2n) is 4.79. The van der Waals surface area contributed by atoms with Crippen LogP contribution in [0.1, 0.15) is 25.7 Å². The van der Waals surface area contributed by atoms with Crippen molar-refractivity contribution in [2.75, 3.05) is 18.0 Å². The molecule has 1 spiro atoms. The summed E-state index contributed by atoms with van der Waals surface area (Å²) in [5.41, 5.74) is 0.728. The second kappa shape index (κ2) is 3.20. The molecule has 0 N–H and O–H groups in total. The molecule has 4 nitrogen and oxygen atoms in total. The maximum absolute atomic E-state index is 4.40. The van der Waals surface area contributed by atoms with E-state index < -0.39 is 0 Å². The van der Waals surface area contributed by atoms with E-state index in [-0.39, 0.29) is 0 Å². The second-order valence-corrected chi connectivity index (χ2v) is 5.50. The van der Waals surface area contributed by atoms with E-state index in [1.165, 1.54) is 25.7 Å². The monoisotopic (exact) mass is 270 g/mol. The van der Waals surface area contributed by atoms with E-state index in [4.69, 9.17) is 0 Å². The van der Waals surface area contributed by atoms with Gasteiger partial charge in [-0.1, -0.05) is 0 Å². The van der Waals surface area contributed by atoms with Gasteiger partial charge in [0.1, 0.15) is 0 Å². The molecule has 0 unspecified atom stereocenters. The highest BCUT2D eigenvalue weighted by Crippen LogP contribution is 2.53. The van der Waals surface area contributed by atoms with E-state index in [0.29, 0.717) is 4.73 Å². The third-order valence-corrected chi connectivity index (χ3v) is 4.11. The maximum atomic E-state index is 4.40. The van der Waals surface area contributed by atoms with Crippen molar-refractivity contribution in [3.63, 3.8) is 0 Å². The number of rotatable bonds is 1. The summed E-state index contributed by atoms with van der Waals surface area (Å²) in [5.74, 6) is 0.998. The average molecular weight is 271 g/mol. The quantitative estimate of drug-likeness (QED) is 0.783. The van der Waals surface area contributed by atoms with Gasteiger partial charge in [0.2, 0.25) is 10.7 Å². The molecule has 1 aromatic heterocycles. The van der Waals surface area contributed by atoms with Crippen molar-refractivity contribution in [3.05, 3.63) is 4.73 Å². The number of hydrogen-bond donors (Lipinski definition) is 0. The van der Waals surface area contributed by atoms with Gasteiger partial charge in [-0.25, -0.2) is 4.68 Å². The lowest BCUT2D eigenvalue weighted by Gasteiger charge is -2.32. The fourth-order valence-electron chi connectivity index (χ4n) is 2.48. The largest absolute Gasteiger partial charge is 0.341 e. The summed E-state index contributed by atoms with van der Waals surface area (Å²) in [4.78, 5) is 6.75. The van der Waals surface area contributed by atoms with Gasteiger partial charge in [0.05, 0.1) is 0 Å². The molecular weight excluding hydrogens is 256 g/mol. The summed E-state index contributed by atoms with van der Waals surface area (Å²) < 4.78 is 2.54. The summed E-state index contributed by atoms with van der Waals surface area (Å²) in [5, 5.41) is 4.22. The van der Waals surface area contributed by atoms with Gasteiger partial charge in [-0.05, 0) is 47.0 Å². The first-order chi connectivity index (χ1) is 7.19. The summed E-state index contributed by atoms with van der Waals surface area (Å²) in [7, 11) is 1.95. The SMILES string of the molecule is Cn1nc(Br)nc1N1CCC2(CC1)CC2. The summed E-state index contributed by atoms with van der Waals surface area (Å²) in [6.07, 6.45) is 5.56. The first-order valence-corrected chi connectivity index (χ1v) is 6.29. The predicted octanol–water partition coefficient (Wildman–Crippen LogP) is 1.96. The van der Waals surface area contributed by atoms with Crippen molar-refractivity contribution in [2.45, 2.75) is 25.7 Å². The Morgan fingerprint density at radius 1 is 1.20 bits per heavy atom. The molecule has 2 aliphatic rings. The van der Waals surface area contributed by atoms with Crippen molar-refractivity contribution in [1.29, 1.82) is 0 Å². The third kappa shape index (κ3) is 1.67. The molecule has 1 aromatic rings. The van der Waals surface area contributed by atoms with Crippen LogP contribution < -0.4 is 4.90 Å². The highest BCUT2D eigenvalue weighted by atomic mass is 79.9. The van der Waals surface area contributed by atoms with E-state index in [1.54, 1.807) is 0 Å². The Morgan fingerprint density at radius 3 is 2.33 bits per heavy atom. The van der Waals surface area contributed by atoms with Gasteiger partial charge >= 0.3 is 0 Å². The van der Waals surface area contributed by atoms with Gasteiger partial charge in [-0.15, -0.1) is 5.10 Å². The highest BCUT2D eigenvalue weighted by molar-refractivity contribution is 9.10. The number of halogens is 1. The van der Waals surface area contributed by atoms with Gasteiger partial charge in [0.25, 0.3) is 0 Å². The fourth-order valence-corrected chi connectivity index (χ4v) is 2.88. The number of piperidine rings is 1. The minimum absolute atomic E-state index is 0.687. The fraction of sp³-hybridized carbons (Fsp3) is 0.800. The molecule has 0 bridgehead atoms. The van der Waals surface area contributed by atoms with Crippen molar-refractivity contribution >= 4 is 21.9 Å². The van der Waals surface area contributed by atoms with E-state index in [0.717, 1.165) is 24.5 Å². The molecule has 0 radical (unpaired) electrons. The van der Waals surface area contributed by atoms with E-state index in [2.05, 4.69) is 30.9 Å². The molecule has 82 valence electrons. The van der Waals surface area contributed by atoms with Crippen LogP contribution in [0.3, 0.4) is 0 Å². The topological polar surface area (TPSA) is 34.0 Å². The van der Waals surface area contributed by atoms with Gasteiger partial charge in [0, 0.05) is 20.1 Å². The first kappa shape index (κ1) is 9.63. The van der Waals surface area contributed by atoms with Gasteiger partial charge in [0.15, 0.2) is 0 Å². The number of aromatic nitrogens is 3. The lowest BCUT2D eigenvalue weighted by Crippen LogP contribution is -2.36. The van der Waals surface area contributed by atoms with Crippen molar-refractivity contribution < 1.29 is 0 Å². The van der Waals surface area contributed by atoms with Crippen LogP contribution in [-0.2, 0) is 7.05 Å². The third-order valence-electron chi connectivity index (χ3n) is 3.78. The molecule has 1 saturated heterocycles. The van der Waals surface area contributed by atoms with Gasteiger partial charge in [-0.3, -0.25) is 0 Å². The molecule has 2 fully saturated rings. The molecule has 0 aromatic carbocycles. The molecule has 0 amide bonds. The predicted molar refractivity (Wildman–Crippen MR) is 61.8 cm³/mol. The number of aryl methyl sites for hydroxylation is 1. The molecule has 0 atom stereocenters. The number of hydrogen-bond acceptors (Lipinski definition) is 3. The van der Waals surface area contributed by atoms with Crippen LogP contribution in [0.2, 0.25) is 0 Å². The van der Waals surface area contributed by atoms with Crippen LogP contribution in [0.15, 0.2) is 4.73 Å². The number of nitrogens with zero attached hydrogens (tertiary/aromatic N) is 4. The molecule has 2 heterocycles. The Hall–Kier alpha value is -0.580. The zero-order chi connectivity index (χ0) is 10.5. The van der Waals surface area contributed by atoms with Gasteiger partial charge in [-0.2, -0.15) is 4.98 Å². The molecular formula is C10H15BrN4. The Morgan fingerprint density at radius 2 is 1.87 bits per heavy atom. The van der Waals surface area contributed by atoms with Crippen LogP contribution in [0.5, 0.6) is 0 Å². The minimum Gasteiger partial charge on any atom is -0.341 e. The van der Waals surface area contributed by atoms with Crippen molar-refractivity contribution in [2.24, 2.45) is 12.5 Å². The molecule has 3 rings (SSSR count). The van der Waals surface area contributed by atoms with E-state index in [1.807, 2.05) is 11.7 Å². The van der Waals surface area contributed by atoms with E-state index in [9.17, 15) is 0 Å². The zero-order valence-electron chi connectivity index (χ0n) is 8.91. The van der Waals surface area contributed by atoms with Crippen LogP contribution in [0, 0.1) is 5.41 Å². The Kier molecular flexibility index (Phi) is 2.06. The summed E-state index contributed by atoms with van der Waals surface area (Å²) in [6, 6.07) is 0. The molecule has 1 aliphatic carbocycles. The molecule has 15 heavy (non-hydrogen) atoms.